The number of rotatable bonds is 62. The highest BCUT2D eigenvalue weighted by Crippen LogP contribution is 2.19. The Bertz CT molecular complexity index is 1020. The van der Waals surface area contributed by atoms with Crippen LogP contribution in [0.2, 0.25) is 0 Å². The molecule has 0 aromatic rings. The van der Waals surface area contributed by atoms with Crippen LogP contribution in [0.5, 0.6) is 0 Å². The van der Waals surface area contributed by atoms with Crippen molar-refractivity contribution in [3.05, 3.63) is 0 Å². The van der Waals surface area contributed by atoms with Crippen molar-refractivity contribution in [3.8, 4) is 0 Å². The van der Waals surface area contributed by atoms with Crippen molar-refractivity contribution < 1.29 is 24.5 Å². The molecule has 0 rings (SSSR count). The Kier molecular flexibility index (Phi) is 60.4. The van der Waals surface area contributed by atoms with Gasteiger partial charge in [-0.15, -0.1) is 0 Å². The largest absolute Gasteiger partial charge is 0.466 e. The maximum Gasteiger partial charge on any atom is 0.305 e. The van der Waals surface area contributed by atoms with Crippen LogP contribution in [0.25, 0.3) is 0 Å². The molecule has 0 aliphatic heterocycles. The van der Waals surface area contributed by atoms with Crippen LogP contribution in [0, 0.1) is 0 Å². The number of esters is 1. The van der Waals surface area contributed by atoms with E-state index in [2.05, 4.69) is 19.2 Å². The first-order chi connectivity index (χ1) is 35.0. The fourth-order valence-electron chi connectivity index (χ4n) is 10.6. The Morgan fingerprint density at radius 2 is 0.577 bits per heavy atom. The summed E-state index contributed by atoms with van der Waals surface area (Å²) in [5, 5.41) is 23.4. The summed E-state index contributed by atoms with van der Waals surface area (Å²) in [7, 11) is 0. The fourth-order valence-corrected chi connectivity index (χ4v) is 10.6. The maximum atomic E-state index is 12.5. The number of carbonyl (C=O) groups is 2. The van der Waals surface area contributed by atoms with Crippen LogP contribution in [0.4, 0.5) is 0 Å². The molecular formula is C65H129NO5. The van der Waals surface area contributed by atoms with Crippen LogP contribution in [-0.4, -0.2) is 47.4 Å². The second-order valence-electron chi connectivity index (χ2n) is 22.8. The number of amides is 1. The molecule has 0 aliphatic carbocycles. The van der Waals surface area contributed by atoms with E-state index in [1.54, 1.807) is 0 Å². The summed E-state index contributed by atoms with van der Waals surface area (Å²) in [6.45, 7) is 4.99. The number of nitrogens with one attached hydrogen (secondary N) is 1. The van der Waals surface area contributed by atoms with Gasteiger partial charge in [-0.25, -0.2) is 0 Å². The first-order valence-electron chi connectivity index (χ1n) is 32.8. The SMILES string of the molecule is CCCCCCCCCCCCCCCCCCCCCC(O)C(CO)NC(=O)CCCCCCCCCCCCCCCCCCCCCCCOC(=O)CCCCCCCCCCCCCCCC. The summed E-state index contributed by atoms with van der Waals surface area (Å²) in [4.78, 5) is 24.6. The van der Waals surface area contributed by atoms with Crippen molar-refractivity contribution in [3.63, 3.8) is 0 Å². The third-order valence-electron chi connectivity index (χ3n) is 15.7. The van der Waals surface area contributed by atoms with Crippen molar-refractivity contribution in [1.82, 2.24) is 5.32 Å². The molecular weight excluding hydrogens is 875 g/mol. The standard InChI is InChI=1S/C65H129NO5/c1-3-5-7-9-11-13-15-17-19-20-24-27-30-33-37-41-45-49-53-57-63(68)62(61-67)66-64(69)58-54-50-46-42-38-34-31-28-25-22-21-23-26-29-32-36-40-44-48-52-56-60-71-65(70)59-55-51-47-43-39-35-18-16-14-12-10-8-6-4-2/h62-63,67-68H,3-61H2,1-2H3,(H,66,69). The minimum absolute atomic E-state index is 0.0156. The fraction of sp³-hybridized carbons (Fsp3) is 0.969. The molecule has 0 radical (unpaired) electrons. The van der Waals surface area contributed by atoms with E-state index in [9.17, 15) is 19.8 Å². The molecule has 424 valence electrons. The van der Waals surface area contributed by atoms with Crippen molar-refractivity contribution in [2.45, 2.75) is 392 Å². The number of ether oxygens (including phenoxy) is 1. The lowest BCUT2D eigenvalue weighted by Crippen LogP contribution is -2.45. The first kappa shape index (κ1) is 69.9. The summed E-state index contributed by atoms with van der Waals surface area (Å²) in [5.41, 5.74) is 0. The molecule has 6 heteroatoms. The van der Waals surface area contributed by atoms with E-state index in [-0.39, 0.29) is 18.5 Å². The zero-order valence-electron chi connectivity index (χ0n) is 48.5. The highest BCUT2D eigenvalue weighted by atomic mass is 16.5. The molecule has 0 aliphatic rings. The predicted octanol–water partition coefficient (Wildman–Crippen LogP) is 20.6. The van der Waals surface area contributed by atoms with E-state index in [0.717, 1.165) is 38.5 Å². The monoisotopic (exact) mass is 1000 g/mol. The van der Waals surface area contributed by atoms with Gasteiger partial charge in [-0.2, -0.15) is 0 Å². The summed E-state index contributed by atoms with van der Waals surface area (Å²) in [5.74, 6) is -0.0157. The number of unbranched alkanes of at least 4 members (excludes halogenated alkanes) is 51. The van der Waals surface area contributed by atoms with Gasteiger partial charge >= 0.3 is 5.97 Å². The van der Waals surface area contributed by atoms with Crippen LogP contribution in [0.3, 0.4) is 0 Å². The van der Waals surface area contributed by atoms with Gasteiger partial charge in [-0.3, -0.25) is 9.59 Å². The molecule has 0 heterocycles. The quantitative estimate of drug-likeness (QED) is 0.0417. The van der Waals surface area contributed by atoms with Gasteiger partial charge in [0.05, 0.1) is 25.4 Å². The zero-order chi connectivity index (χ0) is 51.4. The molecule has 6 nitrogen and oxygen atoms in total. The molecule has 0 fully saturated rings. The van der Waals surface area contributed by atoms with Gasteiger partial charge in [0.25, 0.3) is 0 Å². The van der Waals surface area contributed by atoms with E-state index in [1.165, 1.54) is 308 Å². The highest BCUT2D eigenvalue weighted by Gasteiger charge is 2.20. The Morgan fingerprint density at radius 3 is 0.859 bits per heavy atom. The number of aliphatic hydroxyl groups is 2. The molecule has 0 aromatic carbocycles. The van der Waals surface area contributed by atoms with Crippen molar-refractivity contribution >= 4 is 11.9 Å². The average molecular weight is 1000 g/mol. The third-order valence-corrected chi connectivity index (χ3v) is 15.7. The lowest BCUT2D eigenvalue weighted by molar-refractivity contribution is -0.143. The minimum Gasteiger partial charge on any atom is -0.466 e. The van der Waals surface area contributed by atoms with Gasteiger partial charge in [-0.05, 0) is 25.7 Å². The maximum absolute atomic E-state index is 12.5. The van der Waals surface area contributed by atoms with E-state index < -0.39 is 12.1 Å². The Morgan fingerprint density at radius 1 is 0.338 bits per heavy atom. The zero-order valence-corrected chi connectivity index (χ0v) is 48.5. The van der Waals surface area contributed by atoms with E-state index in [4.69, 9.17) is 4.74 Å². The number of hydrogen-bond acceptors (Lipinski definition) is 5. The van der Waals surface area contributed by atoms with Crippen LogP contribution >= 0.6 is 0 Å². The van der Waals surface area contributed by atoms with E-state index >= 15 is 0 Å². The van der Waals surface area contributed by atoms with Crippen molar-refractivity contribution in [1.29, 1.82) is 0 Å². The van der Waals surface area contributed by atoms with Crippen LogP contribution < -0.4 is 5.32 Å². The molecule has 2 unspecified atom stereocenters. The molecule has 0 spiro atoms. The lowest BCUT2D eigenvalue weighted by Gasteiger charge is -2.22. The Hall–Kier alpha value is -1.14. The highest BCUT2D eigenvalue weighted by molar-refractivity contribution is 5.76. The Labute approximate surface area is 445 Å². The lowest BCUT2D eigenvalue weighted by atomic mass is 10.0. The van der Waals surface area contributed by atoms with Gasteiger partial charge in [0.15, 0.2) is 0 Å². The molecule has 0 saturated carbocycles. The Balaban J connectivity index is 3.37. The minimum atomic E-state index is -0.664. The second kappa shape index (κ2) is 61.4. The average Bonchev–Trinajstić information content (AvgIpc) is 3.37. The first-order valence-corrected chi connectivity index (χ1v) is 32.8. The molecule has 71 heavy (non-hydrogen) atoms. The van der Waals surface area contributed by atoms with Crippen LogP contribution in [-0.2, 0) is 14.3 Å². The van der Waals surface area contributed by atoms with Gasteiger partial charge in [0.2, 0.25) is 5.91 Å². The second-order valence-corrected chi connectivity index (χ2v) is 22.8. The predicted molar refractivity (Wildman–Crippen MR) is 310 cm³/mol. The topological polar surface area (TPSA) is 95.9 Å². The summed E-state index contributed by atoms with van der Waals surface area (Å²) >= 11 is 0. The molecule has 0 aromatic heterocycles. The van der Waals surface area contributed by atoms with E-state index in [1.807, 2.05) is 0 Å². The molecule has 0 bridgehead atoms. The summed E-state index contributed by atoms with van der Waals surface area (Å²) in [6.07, 6.45) is 72.6. The van der Waals surface area contributed by atoms with Crippen molar-refractivity contribution in [2.24, 2.45) is 0 Å². The summed E-state index contributed by atoms with van der Waals surface area (Å²) < 4.78 is 5.49. The van der Waals surface area contributed by atoms with Gasteiger partial charge in [-0.1, -0.05) is 341 Å². The van der Waals surface area contributed by atoms with Gasteiger partial charge in [0.1, 0.15) is 0 Å². The van der Waals surface area contributed by atoms with Gasteiger partial charge in [0, 0.05) is 12.8 Å². The number of carbonyl (C=O) groups excluding carboxylic acids is 2. The molecule has 2 atom stereocenters. The summed E-state index contributed by atoms with van der Waals surface area (Å²) in [6, 6.07) is -0.541. The molecule has 0 saturated heterocycles. The van der Waals surface area contributed by atoms with Crippen LogP contribution in [0.15, 0.2) is 0 Å². The van der Waals surface area contributed by atoms with Gasteiger partial charge < -0.3 is 20.3 Å². The normalized spacial score (nSPS) is 12.5. The molecule has 1 amide bonds. The smallest absolute Gasteiger partial charge is 0.305 e. The molecule has 3 N–H and O–H groups in total. The number of hydrogen-bond donors (Lipinski definition) is 3. The number of aliphatic hydroxyl groups excluding tert-OH is 2. The third kappa shape index (κ3) is 58.0. The van der Waals surface area contributed by atoms with Crippen molar-refractivity contribution in [2.75, 3.05) is 13.2 Å². The van der Waals surface area contributed by atoms with Crippen LogP contribution in [0.1, 0.15) is 380 Å². The van der Waals surface area contributed by atoms with E-state index in [0.29, 0.717) is 25.9 Å².